The van der Waals surface area contributed by atoms with E-state index in [0.717, 1.165) is 49.3 Å². The first-order valence-corrected chi connectivity index (χ1v) is 10.4. The van der Waals surface area contributed by atoms with E-state index in [1.165, 1.54) is 0 Å². The van der Waals surface area contributed by atoms with Gasteiger partial charge in [0.05, 0.1) is 17.3 Å². The Morgan fingerprint density at radius 1 is 1.07 bits per heavy atom. The van der Waals surface area contributed by atoms with Gasteiger partial charge in [0.15, 0.2) is 11.5 Å². The Bertz CT molecular complexity index is 1100. The monoisotopic (exact) mass is 397 g/mol. The molecule has 150 valence electrons. The van der Waals surface area contributed by atoms with Crippen LogP contribution in [-0.2, 0) is 6.54 Å². The summed E-state index contributed by atoms with van der Waals surface area (Å²) in [6.07, 6.45) is 3.97. The molecule has 5 heteroatoms. The van der Waals surface area contributed by atoms with Crippen molar-refractivity contribution in [3.63, 3.8) is 0 Å². The van der Waals surface area contributed by atoms with Crippen LogP contribution in [0, 0.1) is 17.2 Å². The van der Waals surface area contributed by atoms with Crippen molar-refractivity contribution in [2.75, 3.05) is 13.1 Å². The van der Waals surface area contributed by atoms with Crippen molar-refractivity contribution in [1.82, 2.24) is 9.88 Å². The van der Waals surface area contributed by atoms with E-state index in [9.17, 15) is 10.4 Å². The highest BCUT2D eigenvalue weighted by atomic mass is 16.5. The summed E-state index contributed by atoms with van der Waals surface area (Å²) in [4.78, 5) is 6.91. The fourth-order valence-corrected chi connectivity index (χ4v) is 4.80. The van der Waals surface area contributed by atoms with Crippen LogP contribution in [0.2, 0.25) is 0 Å². The topological polar surface area (TPSA) is 69.4 Å². The molecule has 0 aliphatic carbocycles. The third kappa shape index (κ3) is 3.40. The number of phenolic OH excluding ortho intramolecular Hbond substituents is 1. The van der Waals surface area contributed by atoms with Crippen LogP contribution in [-0.4, -0.2) is 28.1 Å². The van der Waals surface area contributed by atoms with Crippen LogP contribution in [0.25, 0.3) is 0 Å². The molecule has 3 heterocycles. The van der Waals surface area contributed by atoms with Crippen molar-refractivity contribution >= 4 is 0 Å². The molecule has 0 saturated carbocycles. The van der Waals surface area contributed by atoms with Gasteiger partial charge in [0.25, 0.3) is 0 Å². The van der Waals surface area contributed by atoms with Gasteiger partial charge in [-0.25, -0.2) is 0 Å². The highest BCUT2D eigenvalue weighted by molar-refractivity contribution is 5.60. The quantitative estimate of drug-likeness (QED) is 0.687. The summed E-state index contributed by atoms with van der Waals surface area (Å²) in [7, 11) is 0. The Hall–Kier alpha value is -3.36. The number of nitriles is 1. The lowest BCUT2D eigenvalue weighted by Crippen LogP contribution is -2.36. The smallest absolute Gasteiger partial charge is 0.172 e. The molecule has 2 aromatic carbocycles. The number of hydrogen-bond donors (Lipinski definition) is 1. The second kappa shape index (κ2) is 7.81. The van der Waals surface area contributed by atoms with Gasteiger partial charge in [-0.05, 0) is 62.2 Å². The summed E-state index contributed by atoms with van der Waals surface area (Å²) in [5.74, 6) is 1.96. The van der Waals surface area contributed by atoms with Crippen LogP contribution >= 0.6 is 0 Å². The molecule has 1 saturated heterocycles. The van der Waals surface area contributed by atoms with Crippen molar-refractivity contribution in [2.45, 2.75) is 25.3 Å². The summed E-state index contributed by atoms with van der Waals surface area (Å²) in [5, 5.41) is 19.7. The minimum atomic E-state index is 0.151. The molecule has 0 bridgehead atoms. The maximum atomic E-state index is 10.4. The highest BCUT2D eigenvalue weighted by Gasteiger charge is 2.36. The van der Waals surface area contributed by atoms with Crippen LogP contribution in [0.15, 0.2) is 60.8 Å². The average Bonchev–Trinajstić information content (AvgIpc) is 2.79. The van der Waals surface area contributed by atoms with E-state index in [1.54, 1.807) is 12.1 Å². The van der Waals surface area contributed by atoms with Crippen LogP contribution in [0.3, 0.4) is 0 Å². The number of benzene rings is 2. The molecule has 1 fully saturated rings. The number of pyridine rings is 1. The number of hydrogen-bond acceptors (Lipinski definition) is 5. The zero-order valence-electron chi connectivity index (χ0n) is 16.7. The molecule has 30 heavy (non-hydrogen) atoms. The third-order valence-corrected chi connectivity index (χ3v) is 6.26. The Morgan fingerprint density at radius 3 is 2.70 bits per heavy atom. The maximum absolute atomic E-state index is 10.4. The van der Waals surface area contributed by atoms with Gasteiger partial charge in [-0.1, -0.05) is 24.3 Å². The molecule has 0 amide bonds. The minimum absolute atomic E-state index is 0.151. The Morgan fingerprint density at radius 2 is 1.93 bits per heavy atom. The van der Waals surface area contributed by atoms with Crippen LogP contribution < -0.4 is 4.74 Å². The van der Waals surface area contributed by atoms with Crippen molar-refractivity contribution < 1.29 is 9.84 Å². The van der Waals surface area contributed by atoms with Crippen LogP contribution in [0.5, 0.6) is 17.2 Å². The lowest BCUT2D eigenvalue weighted by molar-refractivity contribution is 0.164. The molecule has 1 N–H and O–H groups in total. The largest absolute Gasteiger partial charge is 0.504 e. The number of piperidine rings is 1. The van der Waals surface area contributed by atoms with E-state index in [2.05, 4.69) is 28.1 Å². The molecular formula is C25H23N3O2. The first-order valence-electron chi connectivity index (χ1n) is 10.4. The summed E-state index contributed by atoms with van der Waals surface area (Å²) >= 11 is 0. The molecule has 2 aliphatic heterocycles. The number of fused-ring (bicyclic) bond motifs is 2. The van der Waals surface area contributed by atoms with E-state index in [1.807, 2.05) is 36.5 Å². The Kier molecular flexibility index (Phi) is 4.86. The third-order valence-electron chi connectivity index (χ3n) is 6.26. The van der Waals surface area contributed by atoms with Crippen molar-refractivity contribution in [2.24, 2.45) is 5.92 Å². The molecule has 2 aliphatic rings. The standard InChI is InChI=1S/C25H23N3O2/c26-15-17-7-8-20-23(14-17)30-25-21(5-3-6-22(25)29)24(20)18-9-12-28(13-10-18)16-19-4-1-2-11-27-19/h1-8,11,14,18,24,29H,9-10,12-13,16H2. The fraction of sp³-hybridized carbons (Fsp3) is 0.280. The summed E-state index contributed by atoms with van der Waals surface area (Å²) in [6, 6.07) is 19.5. The zero-order chi connectivity index (χ0) is 20.5. The van der Waals surface area contributed by atoms with Gasteiger partial charge in [-0.15, -0.1) is 0 Å². The van der Waals surface area contributed by atoms with Gasteiger partial charge >= 0.3 is 0 Å². The lowest BCUT2D eigenvalue weighted by Gasteiger charge is -2.39. The van der Waals surface area contributed by atoms with Gasteiger partial charge in [0.2, 0.25) is 0 Å². The number of nitrogens with zero attached hydrogens (tertiary/aromatic N) is 3. The SMILES string of the molecule is N#Cc1ccc2c(c1)Oc1c(O)cccc1C2C1CCN(Cc2ccccn2)CC1. The molecule has 1 unspecified atom stereocenters. The molecular weight excluding hydrogens is 374 g/mol. The number of likely N-dealkylation sites (tertiary alicyclic amines) is 1. The van der Waals surface area contributed by atoms with Gasteiger partial charge in [0, 0.05) is 29.8 Å². The second-order valence-corrected chi connectivity index (χ2v) is 8.07. The molecule has 0 spiro atoms. The van der Waals surface area contributed by atoms with E-state index in [4.69, 9.17) is 4.74 Å². The normalized spacial score (nSPS) is 18.7. The van der Waals surface area contributed by atoms with Crippen LogP contribution in [0.4, 0.5) is 0 Å². The Balaban J connectivity index is 1.42. The van der Waals surface area contributed by atoms with E-state index >= 15 is 0 Å². The van der Waals surface area contributed by atoms with Crippen molar-refractivity contribution in [3.8, 4) is 23.3 Å². The van der Waals surface area contributed by atoms with Crippen molar-refractivity contribution in [1.29, 1.82) is 5.26 Å². The molecule has 1 atom stereocenters. The lowest BCUT2D eigenvalue weighted by atomic mass is 9.74. The molecule has 3 aromatic rings. The summed E-state index contributed by atoms with van der Waals surface area (Å²) in [6.45, 7) is 2.90. The zero-order valence-corrected chi connectivity index (χ0v) is 16.7. The first kappa shape index (κ1) is 18.7. The number of aromatic hydroxyl groups is 1. The Labute approximate surface area is 176 Å². The molecule has 5 rings (SSSR count). The highest BCUT2D eigenvalue weighted by Crippen LogP contribution is 2.52. The first-order chi connectivity index (χ1) is 14.7. The van der Waals surface area contributed by atoms with Gasteiger partial charge in [-0.2, -0.15) is 5.26 Å². The second-order valence-electron chi connectivity index (χ2n) is 8.07. The van der Waals surface area contributed by atoms with Gasteiger partial charge in [-0.3, -0.25) is 9.88 Å². The number of ether oxygens (including phenoxy) is 1. The summed E-state index contributed by atoms with van der Waals surface area (Å²) < 4.78 is 6.05. The van der Waals surface area contributed by atoms with E-state index in [-0.39, 0.29) is 11.7 Å². The molecule has 1 aromatic heterocycles. The maximum Gasteiger partial charge on any atom is 0.172 e. The predicted octanol–water partition coefficient (Wildman–Crippen LogP) is 4.81. The minimum Gasteiger partial charge on any atom is -0.504 e. The van der Waals surface area contributed by atoms with Crippen molar-refractivity contribution in [3.05, 3.63) is 83.2 Å². The number of para-hydroxylation sites is 1. The van der Waals surface area contributed by atoms with Gasteiger partial charge in [0.1, 0.15) is 5.75 Å². The van der Waals surface area contributed by atoms with Crippen LogP contribution in [0.1, 0.15) is 41.1 Å². The number of phenols is 1. The summed E-state index contributed by atoms with van der Waals surface area (Å²) in [5.41, 5.74) is 3.81. The number of rotatable bonds is 3. The van der Waals surface area contributed by atoms with Gasteiger partial charge < -0.3 is 9.84 Å². The number of aromatic nitrogens is 1. The fourth-order valence-electron chi connectivity index (χ4n) is 4.80. The van der Waals surface area contributed by atoms with E-state index < -0.39 is 0 Å². The molecule has 0 radical (unpaired) electrons. The van der Waals surface area contributed by atoms with E-state index in [0.29, 0.717) is 23.0 Å². The molecule has 5 nitrogen and oxygen atoms in total. The predicted molar refractivity (Wildman–Crippen MR) is 113 cm³/mol. The average molecular weight is 397 g/mol.